The summed E-state index contributed by atoms with van der Waals surface area (Å²) in [6, 6.07) is 24.8. The molecule has 5 heteroatoms. The molecule has 1 aliphatic rings. The second-order valence-corrected chi connectivity index (χ2v) is 6.67. The molecule has 0 radical (unpaired) electrons. The fraction of sp³-hybridized carbons (Fsp3) is 0.120. The van der Waals surface area contributed by atoms with Crippen LogP contribution in [-0.2, 0) is 4.79 Å². The van der Waals surface area contributed by atoms with Crippen LogP contribution >= 0.6 is 0 Å². The minimum absolute atomic E-state index is 0.173. The summed E-state index contributed by atoms with van der Waals surface area (Å²) < 4.78 is 11.0. The third kappa shape index (κ3) is 3.82. The quantitative estimate of drug-likeness (QED) is 0.553. The topological polar surface area (TPSA) is 51.1 Å². The van der Waals surface area contributed by atoms with Gasteiger partial charge in [-0.05, 0) is 42.8 Å². The summed E-state index contributed by atoms with van der Waals surface area (Å²) in [6.07, 6.45) is 1.84. The van der Waals surface area contributed by atoms with E-state index in [1.165, 1.54) is 5.01 Å². The van der Waals surface area contributed by atoms with Crippen molar-refractivity contribution in [1.29, 1.82) is 0 Å². The molecule has 0 fully saturated rings. The first-order chi connectivity index (χ1) is 14.7. The summed E-state index contributed by atoms with van der Waals surface area (Å²) in [5.74, 6) is 1.12. The summed E-state index contributed by atoms with van der Waals surface area (Å²) in [7, 11) is 1.60. The molecular formula is C25H22N2O3. The van der Waals surface area contributed by atoms with Crippen LogP contribution in [0.2, 0.25) is 0 Å². The van der Waals surface area contributed by atoms with Crippen molar-refractivity contribution < 1.29 is 14.3 Å². The molecular weight excluding hydrogens is 376 g/mol. The van der Waals surface area contributed by atoms with Gasteiger partial charge in [0.05, 0.1) is 25.0 Å². The normalized spacial score (nSPS) is 14.7. The van der Waals surface area contributed by atoms with Crippen molar-refractivity contribution in [3.05, 3.63) is 95.6 Å². The van der Waals surface area contributed by atoms with Crippen LogP contribution in [0.5, 0.6) is 11.5 Å². The van der Waals surface area contributed by atoms with E-state index in [4.69, 9.17) is 9.47 Å². The van der Waals surface area contributed by atoms with Gasteiger partial charge in [-0.25, -0.2) is 0 Å². The molecule has 0 N–H and O–H groups in total. The Bertz CT molecular complexity index is 1110. The number of carbonyl (C=O) groups excluding carboxylic acids is 1. The highest BCUT2D eigenvalue weighted by Gasteiger charge is 2.31. The van der Waals surface area contributed by atoms with Crippen LogP contribution in [0.25, 0.3) is 6.08 Å². The number of methoxy groups -OCH3 is 1. The maximum absolute atomic E-state index is 13.3. The lowest BCUT2D eigenvalue weighted by Crippen LogP contribution is -2.21. The third-order valence-electron chi connectivity index (χ3n) is 4.72. The van der Waals surface area contributed by atoms with Crippen LogP contribution in [0.4, 0.5) is 5.69 Å². The van der Waals surface area contributed by atoms with E-state index in [2.05, 4.69) is 5.10 Å². The number of nitrogens with zero attached hydrogens (tertiary/aromatic N) is 2. The highest BCUT2D eigenvalue weighted by Crippen LogP contribution is 2.31. The molecule has 0 aromatic heterocycles. The first-order valence-corrected chi connectivity index (χ1v) is 9.77. The van der Waals surface area contributed by atoms with Crippen molar-refractivity contribution >= 4 is 23.4 Å². The minimum Gasteiger partial charge on any atom is -0.493 e. The molecule has 1 amide bonds. The Morgan fingerprint density at radius 1 is 0.933 bits per heavy atom. The molecule has 1 aliphatic heterocycles. The van der Waals surface area contributed by atoms with E-state index in [9.17, 15) is 4.79 Å². The van der Waals surface area contributed by atoms with E-state index < -0.39 is 0 Å². The van der Waals surface area contributed by atoms with Crippen LogP contribution in [0.3, 0.4) is 0 Å². The molecule has 5 nitrogen and oxygen atoms in total. The standard InChI is InChI=1S/C25H22N2O3/c1-3-30-22-15-14-18(17-23(22)29-2)16-21-24(19-10-6-4-7-11-19)26-27(25(21)28)20-12-8-5-9-13-20/h4-17H,3H2,1-2H3/b21-16-. The van der Waals surface area contributed by atoms with Gasteiger partial charge in [-0.2, -0.15) is 10.1 Å². The van der Waals surface area contributed by atoms with Crippen molar-refractivity contribution in [1.82, 2.24) is 0 Å². The number of anilines is 1. The number of para-hydroxylation sites is 1. The maximum Gasteiger partial charge on any atom is 0.281 e. The highest BCUT2D eigenvalue weighted by molar-refractivity contribution is 6.37. The lowest BCUT2D eigenvalue weighted by Gasteiger charge is -2.11. The van der Waals surface area contributed by atoms with E-state index >= 15 is 0 Å². The summed E-state index contributed by atoms with van der Waals surface area (Å²) in [5, 5.41) is 6.10. The van der Waals surface area contributed by atoms with Crippen molar-refractivity contribution in [2.45, 2.75) is 6.92 Å². The van der Waals surface area contributed by atoms with Gasteiger partial charge in [0.1, 0.15) is 5.71 Å². The number of hydrazone groups is 1. The van der Waals surface area contributed by atoms with Gasteiger partial charge in [-0.1, -0.05) is 54.6 Å². The number of amides is 1. The van der Waals surface area contributed by atoms with Crippen LogP contribution < -0.4 is 14.5 Å². The predicted molar refractivity (Wildman–Crippen MR) is 119 cm³/mol. The molecule has 150 valence electrons. The molecule has 1 heterocycles. The molecule has 0 unspecified atom stereocenters. The van der Waals surface area contributed by atoms with E-state index in [0.29, 0.717) is 29.4 Å². The molecule has 30 heavy (non-hydrogen) atoms. The number of hydrogen-bond donors (Lipinski definition) is 0. The third-order valence-corrected chi connectivity index (χ3v) is 4.72. The first-order valence-electron chi connectivity index (χ1n) is 9.77. The zero-order valence-electron chi connectivity index (χ0n) is 16.9. The zero-order valence-corrected chi connectivity index (χ0v) is 16.9. The van der Waals surface area contributed by atoms with Crippen molar-refractivity contribution in [2.75, 3.05) is 18.7 Å². The summed E-state index contributed by atoms with van der Waals surface area (Å²) in [4.78, 5) is 13.3. The van der Waals surface area contributed by atoms with Crippen LogP contribution in [-0.4, -0.2) is 25.3 Å². The van der Waals surface area contributed by atoms with E-state index in [1.807, 2.05) is 91.9 Å². The molecule has 3 aromatic rings. The number of carbonyl (C=O) groups is 1. The minimum atomic E-state index is -0.173. The Balaban J connectivity index is 1.79. The van der Waals surface area contributed by atoms with E-state index in [-0.39, 0.29) is 5.91 Å². The SMILES string of the molecule is CCOc1ccc(/C=C2\C(=O)N(c3ccccc3)N=C2c2ccccc2)cc1OC. The molecule has 3 aromatic carbocycles. The summed E-state index contributed by atoms with van der Waals surface area (Å²) in [6.45, 7) is 2.47. The van der Waals surface area contributed by atoms with Crippen molar-refractivity contribution in [3.8, 4) is 11.5 Å². The summed E-state index contributed by atoms with van der Waals surface area (Å²) >= 11 is 0. The molecule has 0 aliphatic carbocycles. The van der Waals surface area contributed by atoms with Crippen LogP contribution in [0, 0.1) is 0 Å². The Morgan fingerprint density at radius 2 is 1.63 bits per heavy atom. The average molecular weight is 398 g/mol. The molecule has 0 bridgehead atoms. The Labute approximate surface area is 175 Å². The highest BCUT2D eigenvalue weighted by atomic mass is 16.5. The Morgan fingerprint density at radius 3 is 2.30 bits per heavy atom. The zero-order chi connectivity index (χ0) is 20.9. The van der Waals surface area contributed by atoms with E-state index in [1.54, 1.807) is 7.11 Å². The number of rotatable bonds is 6. The number of hydrogen-bond acceptors (Lipinski definition) is 4. The van der Waals surface area contributed by atoms with Gasteiger partial charge >= 0.3 is 0 Å². The lowest BCUT2D eigenvalue weighted by molar-refractivity contribution is -0.114. The van der Waals surface area contributed by atoms with Gasteiger partial charge in [-0.3, -0.25) is 4.79 Å². The molecule has 4 rings (SSSR count). The van der Waals surface area contributed by atoms with Gasteiger partial charge in [-0.15, -0.1) is 0 Å². The molecule has 0 atom stereocenters. The van der Waals surface area contributed by atoms with Crippen LogP contribution in [0.1, 0.15) is 18.1 Å². The summed E-state index contributed by atoms with van der Waals surface area (Å²) in [5.41, 5.74) is 3.60. The number of benzene rings is 3. The van der Waals surface area contributed by atoms with Gasteiger partial charge in [0, 0.05) is 5.56 Å². The average Bonchev–Trinajstić information content (AvgIpc) is 3.12. The van der Waals surface area contributed by atoms with Crippen LogP contribution in [0.15, 0.2) is 89.5 Å². The molecule has 0 spiro atoms. The maximum atomic E-state index is 13.3. The van der Waals surface area contributed by atoms with Crippen molar-refractivity contribution in [2.24, 2.45) is 5.10 Å². The Hall–Kier alpha value is -3.86. The Kier molecular flexibility index (Phi) is 5.61. The smallest absolute Gasteiger partial charge is 0.281 e. The number of ether oxygens (including phenoxy) is 2. The largest absolute Gasteiger partial charge is 0.493 e. The molecule has 0 saturated carbocycles. The second kappa shape index (κ2) is 8.66. The second-order valence-electron chi connectivity index (χ2n) is 6.67. The monoisotopic (exact) mass is 398 g/mol. The fourth-order valence-electron chi connectivity index (χ4n) is 3.31. The van der Waals surface area contributed by atoms with Gasteiger partial charge in [0.25, 0.3) is 5.91 Å². The van der Waals surface area contributed by atoms with E-state index in [0.717, 1.165) is 16.8 Å². The lowest BCUT2D eigenvalue weighted by atomic mass is 10.00. The first kappa shape index (κ1) is 19.5. The predicted octanol–water partition coefficient (Wildman–Crippen LogP) is 4.93. The fourth-order valence-corrected chi connectivity index (χ4v) is 3.31. The van der Waals surface area contributed by atoms with Gasteiger partial charge in [0.15, 0.2) is 11.5 Å². The van der Waals surface area contributed by atoms with Crippen molar-refractivity contribution in [3.63, 3.8) is 0 Å². The molecule has 0 saturated heterocycles. The van der Waals surface area contributed by atoms with Gasteiger partial charge in [0.2, 0.25) is 0 Å². The van der Waals surface area contributed by atoms with Gasteiger partial charge < -0.3 is 9.47 Å².